The molecule has 6 heteroatoms. The summed E-state index contributed by atoms with van der Waals surface area (Å²) in [5.41, 5.74) is 0.750. The number of pyridine rings is 1. The Morgan fingerprint density at radius 1 is 1.08 bits per heavy atom. The van der Waals surface area contributed by atoms with Crippen molar-refractivity contribution < 1.29 is 14.3 Å². The number of carbonyl (C=O) groups excluding carboxylic acids is 2. The number of nitrogens with zero attached hydrogens (tertiary/aromatic N) is 1. The highest BCUT2D eigenvalue weighted by molar-refractivity contribution is 6.32. The van der Waals surface area contributed by atoms with Crippen LogP contribution in [0.2, 0.25) is 5.15 Å². The summed E-state index contributed by atoms with van der Waals surface area (Å²) in [7, 11) is 0. The van der Waals surface area contributed by atoms with Gasteiger partial charge in [-0.3, -0.25) is 4.79 Å². The van der Waals surface area contributed by atoms with Crippen molar-refractivity contribution in [2.45, 2.75) is 13.0 Å². The van der Waals surface area contributed by atoms with Crippen LogP contribution in [0.4, 0.5) is 5.69 Å². The van der Waals surface area contributed by atoms with Crippen LogP contribution < -0.4 is 5.32 Å². The number of carbonyl (C=O) groups is 2. The molecule has 0 aliphatic carbocycles. The highest BCUT2D eigenvalue weighted by Crippen LogP contribution is 2.19. The molecule has 1 aromatic heterocycles. The Bertz CT molecular complexity index is 943. The number of anilines is 1. The van der Waals surface area contributed by atoms with Gasteiger partial charge >= 0.3 is 5.97 Å². The molecule has 0 bridgehead atoms. The van der Waals surface area contributed by atoms with Gasteiger partial charge in [0, 0.05) is 11.9 Å². The summed E-state index contributed by atoms with van der Waals surface area (Å²) in [5, 5.41) is 4.86. The third-order valence-electron chi connectivity index (χ3n) is 3.65. The van der Waals surface area contributed by atoms with E-state index in [1.54, 1.807) is 12.1 Å². The lowest BCUT2D eigenvalue weighted by Gasteiger charge is -2.14. The number of rotatable bonds is 4. The van der Waals surface area contributed by atoms with E-state index >= 15 is 0 Å². The molecular formula is C19H15ClN2O3. The zero-order valence-corrected chi connectivity index (χ0v) is 14.2. The summed E-state index contributed by atoms with van der Waals surface area (Å²) in [6, 6.07) is 16.5. The maximum Gasteiger partial charge on any atom is 0.342 e. The molecule has 1 amide bonds. The molecule has 0 radical (unpaired) electrons. The van der Waals surface area contributed by atoms with Crippen LogP contribution in [0.5, 0.6) is 0 Å². The average Bonchev–Trinajstić information content (AvgIpc) is 2.61. The molecule has 1 heterocycles. The number of fused-ring (bicyclic) bond motifs is 1. The van der Waals surface area contributed by atoms with Crippen molar-refractivity contribution in [3.63, 3.8) is 0 Å². The molecule has 1 N–H and O–H groups in total. The molecule has 0 saturated heterocycles. The molecule has 0 fully saturated rings. The van der Waals surface area contributed by atoms with Crippen LogP contribution in [-0.2, 0) is 9.53 Å². The van der Waals surface area contributed by atoms with E-state index in [4.69, 9.17) is 16.3 Å². The van der Waals surface area contributed by atoms with Crippen LogP contribution in [0.1, 0.15) is 17.3 Å². The van der Waals surface area contributed by atoms with Crippen molar-refractivity contribution in [2.24, 2.45) is 0 Å². The summed E-state index contributed by atoms with van der Waals surface area (Å²) in [4.78, 5) is 28.2. The van der Waals surface area contributed by atoms with Crippen molar-refractivity contribution >= 4 is 39.9 Å². The minimum absolute atomic E-state index is 0.0367. The Labute approximate surface area is 149 Å². The van der Waals surface area contributed by atoms with Crippen LogP contribution in [0, 0.1) is 0 Å². The largest absolute Gasteiger partial charge is 0.449 e. The van der Waals surface area contributed by atoms with Crippen LogP contribution in [-0.4, -0.2) is 23.0 Å². The van der Waals surface area contributed by atoms with Gasteiger partial charge in [0.05, 0.1) is 5.56 Å². The van der Waals surface area contributed by atoms with Crippen molar-refractivity contribution in [3.05, 3.63) is 71.5 Å². The molecule has 0 aliphatic rings. The molecule has 1 atom stereocenters. The number of esters is 1. The second-order valence-corrected chi connectivity index (χ2v) is 5.80. The van der Waals surface area contributed by atoms with Crippen molar-refractivity contribution in [2.75, 3.05) is 5.32 Å². The van der Waals surface area contributed by atoms with Gasteiger partial charge in [-0.05, 0) is 42.0 Å². The minimum atomic E-state index is -0.977. The van der Waals surface area contributed by atoms with Gasteiger partial charge in [0.25, 0.3) is 5.91 Å². The third-order valence-corrected chi connectivity index (χ3v) is 3.95. The topological polar surface area (TPSA) is 68.3 Å². The van der Waals surface area contributed by atoms with Gasteiger partial charge in [0.1, 0.15) is 5.15 Å². The Morgan fingerprint density at radius 3 is 2.60 bits per heavy atom. The van der Waals surface area contributed by atoms with E-state index in [9.17, 15) is 9.59 Å². The number of amides is 1. The van der Waals surface area contributed by atoms with Gasteiger partial charge in [-0.25, -0.2) is 9.78 Å². The zero-order valence-electron chi connectivity index (χ0n) is 13.4. The number of ether oxygens (including phenoxy) is 1. The van der Waals surface area contributed by atoms with E-state index in [0.29, 0.717) is 5.69 Å². The van der Waals surface area contributed by atoms with Crippen LogP contribution >= 0.6 is 11.6 Å². The van der Waals surface area contributed by atoms with E-state index in [1.807, 2.05) is 36.4 Å². The lowest BCUT2D eigenvalue weighted by molar-refractivity contribution is -0.123. The second kappa shape index (κ2) is 7.32. The maximum atomic E-state index is 12.3. The molecule has 3 rings (SSSR count). The summed E-state index contributed by atoms with van der Waals surface area (Å²) in [6.07, 6.45) is 0.491. The highest BCUT2D eigenvalue weighted by atomic mass is 35.5. The van der Waals surface area contributed by atoms with E-state index in [2.05, 4.69) is 10.3 Å². The molecule has 126 valence electrons. The van der Waals surface area contributed by atoms with Gasteiger partial charge in [0.2, 0.25) is 0 Å². The molecule has 1 unspecified atom stereocenters. The van der Waals surface area contributed by atoms with E-state index in [-0.39, 0.29) is 10.7 Å². The summed E-state index contributed by atoms with van der Waals surface area (Å²) in [6.45, 7) is 1.50. The molecule has 25 heavy (non-hydrogen) atoms. The normalized spacial score (nSPS) is 11.8. The maximum absolute atomic E-state index is 12.3. The van der Waals surface area contributed by atoms with Crippen LogP contribution in [0.25, 0.3) is 10.8 Å². The molecule has 0 spiro atoms. The Kier molecular flexibility index (Phi) is 4.95. The fourth-order valence-corrected chi connectivity index (χ4v) is 2.52. The Balaban J connectivity index is 1.67. The van der Waals surface area contributed by atoms with Crippen LogP contribution in [0.3, 0.4) is 0 Å². The minimum Gasteiger partial charge on any atom is -0.449 e. The number of benzene rings is 2. The third kappa shape index (κ3) is 3.95. The average molecular weight is 355 g/mol. The second-order valence-electron chi connectivity index (χ2n) is 5.44. The standard InChI is InChI=1S/C19H15ClN2O3/c1-12(25-19(24)16-7-4-10-21-17(16)20)18(23)22-15-9-8-13-5-2-3-6-14(13)11-15/h2-12H,1H3,(H,22,23). The Morgan fingerprint density at radius 2 is 1.84 bits per heavy atom. The number of hydrogen-bond acceptors (Lipinski definition) is 4. The fourth-order valence-electron chi connectivity index (χ4n) is 2.33. The molecule has 3 aromatic rings. The number of hydrogen-bond donors (Lipinski definition) is 1. The monoisotopic (exact) mass is 354 g/mol. The van der Waals surface area contributed by atoms with E-state index < -0.39 is 18.0 Å². The molecular weight excluding hydrogens is 340 g/mol. The van der Waals surface area contributed by atoms with Crippen molar-refractivity contribution in [1.29, 1.82) is 0 Å². The van der Waals surface area contributed by atoms with E-state index in [0.717, 1.165) is 10.8 Å². The first-order valence-corrected chi connectivity index (χ1v) is 8.03. The van der Waals surface area contributed by atoms with E-state index in [1.165, 1.54) is 19.2 Å². The quantitative estimate of drug-likeness (QED) is 0.566. The van der Waals surface area contributed by atoms with Gasteiger partial charge in [-0.2, -0.15) is 0 Å². The fraction of sp³-hybridized carbons (Fsp3) is 0.105. The van der Waals surface area contributed by atoms with Gasteiger partial charge in [-0.15, -0.1) is 0 Å². The van der Waals surface area contributed by atoms with Crippen molar-refractivity contribution in [3.8, 4) is 0 Å². The first-order chi connectivity index (χ1) is 12.0. The molecule has 0 saturated carbocycles. The van der Waals surface area contributed by atoms with Gasteiger partial charge in [0.15, 0.2) is 6.10 Å². The number of aromatic nitrogens is 1. The first kappa shape index (κ1) is 16.9. The summed E-state index contributed by atoms with van der Waals surface area (Å²) < 4.78 is 5.16. The van der Waals surface area contributed by atoms with Crippen LogP contribution in [0.15, 0.2) is 60.8 Å². The number of nitrogens with one attached hydrogen (secondary N) is 1. The van der Waals surface area contributed by atoms with Gasteiger partial charge in [-0.1, -0.05) is 41.9 Å². The molecule has 2 aromatic carbocycles. The molecule has 0 aliphatic heterocycles. The van der Waals surface area contributed by atoms with Crippen molar-refractivity contribution in [1.82, 2.24) is 4.98 Å². The highest BCUT2D eigenvalue weighted by Gasteiger charge is 2.21. The SMILES string of the molecule is CC(OC(=O)c1cccnc1Cl)C(=O)Nc1ccc2ccccc2c1. The predicted molar refractivity (Wildman–Crippen MR) is 96.7 cm³/mol. The lowest BCUT2D eigenvalue weighted by atomic mass is 10.1. The first-order valence-electron chi connectivity index (χ1n) is 7.66. The zero-order chi connectivity index (χ0) is 17.8. The number of halogens is 1. The lowest BCUT2D eigenvalue weighted by Crippen LogP contribution is -2.30. The predicted octanol–water partition coefficient (Wildman–Crippen LogP) is 4.07. The summed E-state index contributed by atoms with van der Waals surface area (Å²) in [5.74, 6) is -1.12. The summed E-state index contributed by atoms with van der Waals surface area (Å²) >= 11 is 5.85. The Hall–Kier alpha value is -2.92. The smallest absolute Gasteiger partial charge is 0.342 e. The molecule has 5 nitrogen and oxygen atoms in total. The van der Waals surface area contributed by atoms with Gasteiger partial charge < -0.3 is 10.1 Å².